The number of hydrogen-bond acceptors (Lipinski definition) is 2. The minimum atomic E-state index is 0.745. The fraction of sp³-hybridized carbons (Fsp3) is 0.250. The second-order valence-corrected chi connectivity index (χ2v) is 6.70. The van der Waals surface area contributed by atoms with Crippen LogP contribution >= 0.6 is 23.1 Å². The Kier molecular flexibility index (Phi) is 3.57. The van der Waals surface area contributed by atoms with E-state index in [1.807, 2.05) is 23.1 Å². The summed E-state index contributed by atoms with van der Waals surface area (Å²) in [7, 11) is 0. The highest BCUT2D eigenvalue weighted by molar-refractivity contribution is 8.00. The molecular formula is C16H16S2. The van der Waals surface area contributed by atoms with Crippen molar-refractivity contribution in [3.8, 4) is 0 Å². The van der Waals surface area contributed by atoms with E-state index in [1.165, 1.54) is 21.8 Å². The molecule has 0 saturated heterocycles. The lowest BCUT2D eigenvalue weighted by molar-refractivity contribution is 1.02. The van der Waals surface area contributed by atoms with Crippen molar-refractivity contribution in [3.63, 3.8) is 0 Å². The third-order valence-corrected chi connectivity index (χ3v) is 5.45. The molecule has 2 atom stereocenters. The lowest BCUT2D eigenvalue weighted by Gasteiger charge is -1.93. The standard InChI is InChI=1S/C16H16S2/c1-17-16-10-14(11-18-16)15-9-13(15)8-7-12-5-3-2-4-6-12/h2-8,10-11,13,15H,9H2,1H3/b8-7+. The maximum atomic E-state index is 2.37. The molecular weight excluding hydrogens is 256 g/mol. The third-order valence-electron chi connectivity index (χ3n) is 3.40. The van der Waals surface area contributed by atoms with Gasteiger partial charge in [-0.25, -0.2) is 0 Å². The van der Waals surface area contributed by atoms with Crippen LogP contribution in [-0.4, -0.2) is 6.26 Å². The molecule has 92 valence electrons. The zero-order valence-electron chi connectivity index (χ0n) is 10.4. The predicted molar refractivity (Wildman–Crippen MR) is 82.4 cm³/mol. The number of thiophene rings is 1. The molecule has 1 aliphatic carbocycles. The third kappa shape index (κ3) is 2.70. The van der Waals surface area contributed by atoms with Crippen molar-refractivity contribution >= 4 is 29.2 Å². The normalized spacial score (nSPS) is 22.5. The van der Waals surface area contributed by atoms with Crippen LogP contribution in [0.1, 0.15) is 23.5 Å². The van der Waals surface area contributed by atoms with E-state index in [0.717, 1.165) is 11.8 Å². The number of allylic oxidation sites excluding steroid dienone is 1. The predicted octanol–water partition coefficient (Wildman–Crippen LogP) is 5.29. The first kappa shape index (κ1) is 12.1. The molecule has 2 unspecified atom stereocenters. The first-order valence-electron chi connectivity index (χ1n) is 6.22. The molecule has 0 nitrogen and oxygen atoms in total. The fourth-order valence-electron chi connectivity index (χ4n) is 2.24. The van der Waals surface area contributed by atoms with E-state index in [2.05, 4.69) is 60.2 Å². The molecule has 1 aromatic heterocycles. The quantitative estimate of drug-likeness (QED) is 0.682. The Bertz CT molecular complexity index is 539. The van der Waals surface area contributed by atoms with Crippen LogP contribution in [0, 0.1) is 5.92 Å². The minimum Gasteiger partial charge on any atom is -0.137 e. The fourth-order valence-corrected chi connectivity index (χ4v) is 3.72. The first-order valence-corrected chi connectivity index (χ1v) is 8.33. The molecule has 1 heterocycles. The van der Waals surface area contributed by atoms with Crippen molar-refractivity contribution in [1.29, 1.82) is 0 Å². The SMILES string of the molecule is CSc1cc(C2CC2/C=C/c2ccccc2)cs1. The van der Waals surface area contributed by atoms with Gasteiger partial charge in [-0.15, -0.1) is 23.1 Å². The van der Waals surface area contributed by atoms with Crippen LogP contribution in [0.3, 0.4) is 0 Å². The van der Waals surface area contributed by atoms with Crippen LogP contribution in [0.4, 0.5) is 0 Å². The van der Waals surface area contributed by atoms with Gasteiger partial charge < -0.3 is 0 Å². The Hall–Kier alpha value is -0.990. The van der Waals surface area contributed by atoms with Gasteiger partial charge in [0, 0.05) is 0 Å². The Morgan fingerprint density at radius 2 is 2.11 bits per heavy atom. The largest absolute Gasteiger partial charge is 0.137 e. The highest BCUT2D eigenvalue weighted by atomic mass is 32.2. The van der Waals surface area contributed by atoms with E-state index >= 15 is 0 Å². The van der Waals surface area contributed by atoms with Gasteiger partial charge in [-0.1, -0.05) is 42.5 Å². The molecule has 1 aromatic carbocycles. The van der Waals surface area contributed by atoms with Crippen LogP contribution in [0.2, 0.25) is 0 Å². The van der Waals surface area contributed by atoms with Gasteiger partial charge in [-0.2, -0.15) is 0 Å². The summed E-state index contributed by atoms with van der Waals surface area (Å²) in [5, 5.41) is 2.33. The molecule has 0 amide bonds. The van der Waals surface area contributed by atoms with Gasteiger partial charge in [-0.3, -0.25) is 0 Å². The van der Waals surface area contributed by atoms with E-state index in [1.54, 1.807) is 0 Å². The van der Waals surface area contributed by atoms with Crippen LogP contribution in [0.15, 0.2) is 52.1 Å². The van der Waals surface area contributed by atoms with Crippen molar-refractivity contribution < 1.29 is 0 Å². The minimum absolute atomic E-state index is 0.745. The van der Waals surface area contributed by atoms with Gasteiger partial charge in [-0.05, 0) is 47.1 Å². The molecule has 3 rings (SSSR count). The van der Waals surface area contributed by atoms with Gasteiger partial charge in [0.1, 0.15) is 0 Å². The Morgan fingerprint density at radius 1 is 1.28 bits per heavy atom. The number of rotatable bonds is 4. The summed E-state index contributed by atoms with van der Waals surface area (Å²) >= 11 is 3.72. The summed E-state index contributed by atoms with van der Waals surface area (Å²) in [5.41, 5.74) is 2.84. The van der Waals surface area contributed by atoms with E-state index < -0.39 is 0 Å². The number of thioether (sulfide) groups is 1. The zero-order valence-corrected chi connectivity index (χ0v) is 12.0. The average Bonchev–Trinajstić information content (AvgIpc) is 3.04. The van der Waals surface area contributed by atoms with Crippen molar-refractivity contribution in [2.75, 3.05) is 6.26 Å². The maximum absolute atomic E-state index is 2.37. The summed E-state index contributed by atoms with van der Waals surface area (Å²) < 4.78 is 1.43. The van der Waals surface area contributed by atoms with Crippen molar-refractivity contribution in [2.24, 2.45) is 5.92 Å². The smallest absolute Gasteiger partial charge is 0.0598 e. The molecule has 1 aliphatic rings. The maximum Gasteiger partial charge on any atom is 0.0598 e. The van der Waals surface area contributed by atoms with Crippen LogP contribution in [0.5, 0.6) is 0 Å². The van der Waals surface area contributed by atoms with Gasteiger partial charge in [0.2, 0.25) is 0 Å². The van der Waals surface area contributed by atoms with Gasteiger partial charge in [0.05, 0.1) is 4.21 Å². The Labute approximate surface area is 117 Å². The lowest BCUT2D eigenvalue weighted by Crippen LogP contribution is -1.76. The lowest BCUT2D eigenvalue weighted by atomic mass is 10.1. The van der Waals surface area contributed by atoms with Gasteiger partial charge in [0.25, 0.3) is 0 Å². The molecule has 0 bridgehead atoms. The molecule has 1 fully saturated rings. The Morgan fingerprint density at radius 3 is 2.83 bits per heavy atom. The number of hydrogen-bond donors (Lipinski definition) is 0. The van der Waals surface area contributed by atoms with E-state index in [4.69, 9.17) is 0 Å². The summed E-state index contributed by atoms with van der Waals surface area (Å²) in [6.45, 7) is 0. The topological polar surface area (TPSA) is 0 Å². The van der Waals surface area contributed by atoms with Crippen molar-refractivity contribution in [3.05, 3.63) is 59.0 Å². The molecule has 2 heteroatoms. The number of benzene rings is 1. The second kappa shape index (κ2) is 5.33. The molecule has 1 saturated carbocycles. The summed E-state index contributed by atoms with van der Waals surface area (Å²) in [4.78, 5) is 0. The van der Waals surface area contributed by atoms with Gasteiger partial charge in [0.15, 0.2) is 0 Å². The van der Waals surface area contributed by atoms with Crippen molar-refractivity contribution in [1.82, 2.24) is 0 Å². The van der Waals surface area contributed by atoms with E-state index in [-0.39, 0.29) is 0 Å². The van der Waals surface area contributed by atoms with Crippen LogP contribution in [0.25, 0.3) is 6.08 Å². The highest BCUT2D eigenvalue weighted by Crippen LogP contribution is 2.50. The van der Waals surface area contributed by atoms with Crippen molar-refractivity contribution in [2.45, 2.75) is 16.5 Å². The molecule has 0 N–H and O–H groups in total. The molecule has 0 aliphatic heterocycles. The van der Waals surface area contributed by atoms with Gasteiger partial charge >= 0.3 is 0 Å². The molecule has 2 aromatic rings. The summed E-state index contributed by atoms with van der Waals surface area (Å²) in [6.07, 6.45) is 8.09. The highest BCUT2D eigenvalue weighted by Gasteiger charge is 2.36. The Balaban J connectivity index is 1.63. The van der Waals surface area contributed by atoms with E-state index in [9.17, 15) is 0 Å². The second-order valence-electron chi connectivity index (χ2n) is 4.68. The van der Waals surface area contributed by atoms with Crippen LogP contribution in [-0.2, 0) is 0 Å². The zero-order chi connectivity index (χ0) is 12.4. The van der Waals surface area contributed by atoms with E-state index in [0.29, 0.717) is 0 Å². The molecule has 0 spiro atoms. The molecule has 0 radical (unpaired) electrons. The average molecular weight is 272 g/mol. The summed E-state index contributed by atoms with van der Waals surface area (Å²) in [6, 6.07) is 12.9. The summed E-state index contributed by atoms with van der Waals surface area (Å²) in [5.74, 6) is 1.51. The first-order chi connectivity index (χ1) is 8.86. The monoisotopic (exact) mass is 272 g/mol. The molecule has 18 heavy (non-hydrogen) atoms. The van der Waals surface area contributed by atoms with Crippen LogP contribution < -0.4 is 0 Å².